The summed E-state index contributed by atoms with van der Waals surface area (Å²) < 4.78 is 9.49. The van der Waals surface area contributed by atoms with E-state index in [1.807, 2.05) is 0 Å². The van der Waals surface area contributed by atoms with E-state index in [0.717, 1.165) is 6.42 Å². The van der Waals surface area contributed by atoms with Gasteiger partial charge in [-0.15, -0.1) is 0 Å². The van der Waals surface area contributed by atoms with Crippen LogP contribution in [0.5, 0.6) is 0 Å². The number of hydrogen-bond donors (Lipinski definition) is 1. The largest absolute Gasteiger partial charge is 0.329 e. The molecule has 3 nitrogen and oxygen atoms in total. The van der Waals surface area contributed by atoms with Crippen LogP contribution in [0.3, 0.4) is 0 Å². The average molecular weight is 180 g/mol. The van der Waals surface area contributed by atoms with Crippen LogP contribution >= 0.6 is 8.60 Å². The van der Waals surface area contributed by atoms with E-state index in [-0.39, 0.29) is 0 Å². The SMILES string of the molecule is CCCCCCOP(O)OC. The molecule has 68 valence electrons. The van der Waals surface area contributed by atoms with Gasteiger partial charge in [-0.3, -0.25) is 0 Å². The van der Waals surface area contributed by atoms with Crippen molar-refractivity contribution in [1.29, 1.82) is 0 Å². The fourth-order valence-electron chi connectivity index (χ4n) is 0.724. The summed E-state index contributed by atoms with van der Waals surface area (Å²) in [5, 5.41) is 0. The maximum atomic E-state index is 8.83. The van der Waals surface area contributed by atoms with Gasteiger partial charge in [-0.25, -0.2) is 0 Å². The molecule has 4 heteroatoms. The van der Waals surface area contributed by atoms with Crippen LogP contribution in [-0.4, -0.2) is 18.6 Å². The van der Waals surface area contributed by atoms with Crippen LogP contribution in [0.15, 0.2) is 0 Å². The summed E-state index contributed by atoms with van der Waals surface area (Å²) in [4.78, 5) is 8.83. The molecule has 0 aliphatic rings. The van der Waals surface area contributed by atoms with Gasteiger partial charge >= 0.3 is 8.60 Å². The van der Waals surface area contributed by atoms with Gasteiger partial charge in [-0.05, 0) is 6.42 Å². The van der Waals surface area contributed by atoms with E-state index in [1.165, 1.54) is 26.4 Å². The van der Waals surface area contributed by atoms with Gasteiger partial charge in [0, 0.05) is 7.11 Å². The summed E-state index contributed by atoms with van der Waals surface area (Å²) in [6.07, 6.45) is 4.64. The summed E-state index contributed by atoms with van der Waals surface area (Å²) in [7, 11) is -0.157. The van der Waals surface area contributed by atoms with E-state index in [2.05, 4.69) is 11.4 Å². The van der Waals surface area contributed by atoms with E-state index in [1.54, 1.807) is 0 Å². The molecule has 1 N–H and O–H groups in total. The van der Waals surface area contributed by atoms with Crippen LogP contribution in [-0.2, 0) is 9.05 Å². The molecular weight excluding hydrogens is 163 g/mol. The van der Waals surface area contributed by atoms with Crippen LogP contribution in [0, 0.1) is 0 Å². The lowest BCUT2D eigenvalue weighted by atomic mass is 10.2. The molecule has 0 spiro atoms. The van der Waals surface area contributed by atoms with Gasteiger partial charge in [-0.1, -0.05) is 26.2 Å². The first-order chi connectivity index (χ1) is 5.31. The molecule has 0 aromatic heterocycles. The highest BCUT2D eigenvalue weighted by Gasteiger charge is 2.01. The molecule has 0 aromatic rings. The molecule has 1 atom stereocenters. The molecule has 0 radical (unpaired) electrons. The lowest BCUT2D eigenvalue weighted by molar-refractivity contribution is 0.224. The Labute approximate surface area is 69.7 Å². The van der Waals surface area contributed by atoms with Crippen molar-refractivity contribution in [1.82, 2.24) is 0 Å². The number of unbranched alkanes of at least 4 members (excludes halogenated alkanes) is 3. The minimum absolute atomic E-state index is 0.607. The minimum atomic E-state index is -1.60. The highest BCUT2D eigenvalue weighted by Crippen LogP contribution is 2.31. The van der Waals surface area contributed by atoms with Gasteiger partial charge in [-0.2, -0.15) is 0 Å². The molecule has 0 bridgehead atoms. The molecule has 0 saturated carbocycles. The predicted molar refractivity (Wildman–Crippen MR) is 46.2 cm³/mol. The Bertz CT molecular complexity index is 80.1. The lowest BCUT2D eigenvalue weighted by Gasteiger charge is -2.06. The first-order valence-corrected chi connectivity index (χ1v) is 5.10. The van der Waals surface area contributed by atoms with Crippen molar-refractivity contribution in [3.05, 3.63) is 0 Å². The minimum Gasteiger partial charge on any atom is -0.328 e. The summed E-state index contributed by atoms with van der Waals surface area (Å²) in [6, 6.07) is 0. The van der Waals surface area contributed by atoms with Crippen molar-refractivity contribution in [2.24, 2.45) is 0 Å². The third-order valence-electron chi connectivity index (χ3n) is 1.36. The third-order valence-corrected chi connectivity index (χ3v) is 2.07. The molecular formula is C7H17O3P. The summed E-state index contributed by atoms with van der Waals surface area (Å²) in [6.45, 7) is 2.77. The van der Waals surface area contributed by atoms with Gasteiger partial charge in [0.25, 0.3) is 0 Å². The monoisotopic (exact) mass is 180 g/mol. The van der Waals surface area contributed by atoms with Crippen molar-refractivity contribution >= 4 is 8.60 Å². The van der Waals surface area contributed by atoms with Crippen molar-refractivity contribution in [3.63, 3.8) is 0 Å². The van der Waals surface area contributed by atoms with Crippen molar-refractivity contribution < 1.29 is 13.9 Å². The Morgan fingerprint density at radius 1 is 1.27 bits per heavy atom. The van der Waals surface area contributed by atoms with Crippen LogP contribution < -0.4 is 0 Å². The van der Waals surface area contributed by atoms with Gasteiger partial charge in [0.15, 0.2) is 0 Å². The van der Waals surface area contributed by atoms with Gasteiger partial charge < -0.3 is 13.9 Å². The topological polar surface area (TPSA) is 38.7 Å². The van der Waals surface area contributed by atoms with Crippen LogP contribution in [0.4, 0.5) is 0 Å². The smallest absolute Gasteiger partial charge is 0.328 e. The fourth-order valence-corrected chi connectivity index (χ4v) is 1.11. The molecule has 11 heavy (non-hydrogen) atoms. The Balaban J connectivity index is 2.89. The zero-order valence-corrected chi connectivity index (χ0v) is 8.14. The molecule has 0 fully saturated rings. The summed E-state index contributed by atoms with van der Waals surface area (Å²) in [5.41, 5.74) is 0. The van der Waals surface area contributed by atoms with E-state index in [9.17, 15) is 0 Å². The summed E-state index contributed by atoms with van der Waals surface area (Å²) in [5.74, 6) is 0. The molecule has 0 amide bonds. The van der Waals surface area contributed by atoms with Crippen LogP contribution in [0.1, 0.15) is 32.6 Å². The van der Waals surface area contributed by atoms with E-state index in [0.29, 0.717) is 6.61 Å². The van der Waals surface area contributed by atoms with Gasteiger partial charge in [0.1, 0.15) is 0 Å². The van der Waals surface area contributed by atoms with E-state index < -0.39 is 8.60 Å². The molecule has 0 heterocycles. The highest BCUT2D eigenvalue weighted by molar-refractivity contribution is 7.40. The van der Waals surface area contributed by atoms with Gasteiger partial charge in [0.05, 0.1) is 6.61 Å². The molecule has 0 aliphatic heterocycles. The Morgan fingerprint density at radius 2 is 2.00 bits per heavy atom. The molecule has 0 aromatic carbocycles. The number of hydrogen-bond acceptors (Lipinski definition) is 3. The predicted octanol–water partition coefficient (Wildman–Crippen LogP) is 2.45. The zero-order valence-electron chi connectivity index (χ0n) is 7.25. The molecule has 0 rings (SSSR count). The second-order valence-electron chi connectivity index (χ2n) is 2.31. The standard InChI is InChI=1S/C7H17O3P/c1-3-4-5-6-7-10-11(8)9-2/h8H,3-7H2,1-2H3. The van der Waals surface area contributed by atoms with E-state index in [4.69, 9.17) is 9.42 Å². The van der Waals surface area contributed by atoms with Crippen LogP contribution in [0.25, 0.3) is 0 Å². The lowest BCUT2D eigenvalue weighted by Crippen LogP contribution is -1.90. The summed E-state index contributed by atoms with van der Waals surface area (Å²) >= 11 is 0. The third kappa shape index (κ3) is 8.21. The maximum absolute atomic E-state index is 8.83. The molecule has 1 unspecified atom stereocenters. The van der Waals surface area contributed by atoms with Crippen molar-refractivity contribution in [3.8, 4) is 0 Å². The van der Waals surface area contributed by atoms with Gasteiger partial charge in [0.2, 0.25) is 0 Å². The zero-order chi connectivity index (χ0) is 8.53. The van der Waals surface area contributed by atoms with E-state index >= 15 is 0 Å². The number of rotatable bonds is 7. The average Bonchev–Trinajstić information content (AvgIpc) is 2.04. The van der Waals surface area contributed by atoms with Crippen molar-refractivity contribution in [2.75, 3.05) is 13.7 Å². The Kier molecular flexibility index (Phi) is 8.64. The molecule has 0 saturated heterocycles. The van der Waals surface area contributed by atoms with Crippen molar-refractivity contribution in [2.45, 2.75) is 32.6 Å². The maximum Gasteiger partial charge on any atom is 0.329 e. The van der Waals surface area contributed by atoms with Crippen LogP contribution in [0.2, 0.25) is 0 Å². The first kappa shape index (κ1) is 11.3. The molecule has 0 aliphatic carbocycles. The quantitative estimate of drug-likeness (QED) is 0.483. The highest BCUT2D eigenvalue weighted by atomic mass is 31.2. The second kappa shape index (κ2) is 8.41. The Morgan fingerprint density at radius 3 is 2.55 bits per heavy atom. The first-order valence-electron chi connectivity index (χ1n) is 3.97. The Hall–Kier alpha value is 0.310. The normalized spacial score (nSPS) is 13.4. The fraction of sp³-hybridized carbons (Fsp3) is 1.00. The second-order valence-corrected chi connectivity index (χ2v) is 3.41.